The minimum absolute atomic E-state index is 0.0326. The molecule has 0 aliphatic heterocycles. The predicted molar refractivity (Wildman–Crippen MR) is 83.8 cm³/mol. The van der Waals surface area contributed by atoms with Crippen LogP contribution in [-0.4, -0.2) is 26.8 Å². The second-order valence-electron chi connectivity index (χ2n) is 6.40. The predicted octanol–water partition coefficient (Wildman–Crippen LogP) is 3.87. The van der Waals surface area contributed by atoms with Gasteiger partial charge in [0, 0.05) is 6.42 Å². The fraction of sp³-hybridized carbons (Fsp3) is 0.533. The number of carbonyl (C=O) groups is 1. The molecule has 0 aliphatic rings. The van der Waals surface area contributed by atoms with Crippen LogP contribution in [0.4, 0.5) is 0 Å². The maximum Gasteiger partial charge on any atom is 0.336 e. The van der Waals surface area contributed by atoms with Crippen LogP contribution in [0.15, 0.2) is 17.5 Å². The van der Waals surface area contributed by atoms with E-state index in [1.54, 1.807) is 0 Å². The van der Waals surface area contributed by atoms with Crippen molar-refractivity contribution in [3.8, 4) is 16.7 Å². The molecule has 0 unspecified atom stereocenters. The molecule has 5 nitrogen and oxygen atoms in total. The minimum Gasteiger partial charge on any atom is -0.460 e. The van der Waals surface area contributed by atoms with Gasteiger partial charge in [-0.05, 0) is 30.7 Å². The van der Waals surface area contributed by atoms with Crippen LogP contribution in [0.3, 0.4) is 0 Å². The molecular formula is C15H21N3O2S. The van der Waals surface area contributed by atoms with E-state index in [-0.39, 0.29) is 23.4 Å². The third-order valence-corrected chi connectivity index (χ3v) is 3.45. The second kappa shape index (κ2) is 5.97. The van der Waals surface area contributed by atoms with Gasteiger partial charge in [0.15, 0.2) is 5.82 Å². The number of hydrogen-bond acceptors (Lipinski definition) is 5. The third kappa shape index (κ3) is 4.14. The van der Waals surface area contributed by atoms with Crippen molar-refractivity contribution in [3.63, 3.8) is 0 Å². The van der Waals surface area contributed by atoms with E-state index in [0.717, 1.165) is 4.88 Å². The summed E-state index contributed by atoms with van der Waals surface area (Å²) in [4.78, 5) is 17.8. The van der Waals surface area contributed by atoms with Gasteiger partial charge in [0.25, 0.3) is 0 Å². The van der Waals surface area contributed by atoms with Crippen molar-refractivity contribution in [1.82, 2.24) is 14.8 Å². The molecule has 0 saturated heterocycles. The number of ether oxygens (including phenoxy) is 1. The molecule has 0 saturated carbocycles. The van der Waals surface area contributed by atoms with E-state index in [9.17, 15) is 4.79 Å². The summed E-state index contributed by atoms with van der Waals surface area (Å²) in [7, 11) is 0. The number of thiophene rings is 1. The molecule has 0 radical (unpaired) electrons. The van der Waals surface area contributed by atoms with E-state index in [2.05, 4.69) is 10.1 Å². The van der Waals surface area contributed by atoms with Gasteiger partial charge in [0.05, 0.1) is 11.0 Å². The maximum atomic E-state index is 12.5. The van der Waals surface area contributed by atoms with E-state index in [4.69, 9.17) is 4.74 Å². The summed E-state index contributed by atoms with van der Waals surface area (Å²) in [5, 5.41) is 6.18. The standard InChI is InChI=1S/C15H21N3O2S/c1-10(2)20-14-16-13(11-7-6-8-21-11)18(17-14)12(19)9-15(3,4)5/h6-8,10H,9H2,1-5H3. The van der Waals surface area contributed by atoms with Crippen molar-refractivity contribution >= 4 is 17.2 Å². The summed E-state index contributed by atoms with van der Waals surface area (Å²) in [6, 6.07) is 4.10. The summed E-state index contributed by atoms with van der Waals surface area (Å²) in [6.07, 6.45) is 0.366. The monoisotopic (exact) mass is 307 g/mol. The van der Waals surface area contributed by atoms with Crippen LogP contribution >= 0.6 is 11.3 Å². The number of carbonyl (C=O) groups excluding carboxylic acids is 1. The minimum atomic E-state index is -0.102. The molecule has 21 heavy (non-hydrogen) atoms. The van der Waals surface area contributed by atoms with Crippen molar-refractivity contribution in [2.75, 3.05) is 0 Å². The molecule has 0 N–H and O–H groups in total. The van der Waals surface area contributed by atoms with Crippen molar-refractivity contribution in [2.24, 2.45) is 5.41 Å². The van der Waals surface area contributed by atoms with Crippen molar-refractivity contribution in [2.45, 2.75) is 47.1 Å². The van der Waals surface area contributed by atoms with Gasteiger partial charge in [-0.2, -0.15) is 9.67 Å². The number of hydrogen-bond donors (Lipinski definition) is 0. The normalized spacial score (nSPS) is 11.9. The molecule has 2 aromatic heterocycles. The molecule has 2 aromatic rings. The largest absolute Gasteiger partial charge is 0.460 e. The Labute approximate surface area is 129 Å². The average Bonchev–Trinajstić information content (AvgIpc) is 2.92. The second-order valence-corrected chi connectivity index (χ2v) is 7.35. The summed E-state index contributed by atoms with van der Waals surface area (Å²) < 4.78 is 6.89. The van der Waals surface area contributed by atoms with Crippen molar-refractivity contribution in [3.05, 3.63) is 17.5 Å². The van der Waals surface area contributed by atoms with Crippen LogP contribution in [0.25, 0.3) is 10.7 Å². The highest BCUT2D eigenvalue weighted by Crippen LogP contribution is 2.27. The first-order valence-corrected chi connectivity index (χ1v) is 7.85. The molecule has 2 rings (SSSR count). The Hall–Kier alpha value is -1.69. The molecule has 0 aliphatic carbocycles. The third-order valence-electron chi connectivity index (χ3n) is 2.59. The Kier molecular flexibility index (Phi) is 4.46. The molecule has 0 aromatic carbocycles. The molecule has 0 atom stereocenters. The highest BCUT2D eigenvalue weighted by atomic mass is 32.1. The molecule has 0 fully saturated rings. The number of nitrogens with zero attached hydrogens (tertiary/aromatic N) is 3. The van der Waals surface area contributed by atoms with E-state index in [1.165, 1.54) is 16.0 Å². The van der Waals surface area contributed by atoms with Gasteiger partial charge in [-0.25, -0.2) is 0 Å². The van der Waals surface area contributed by atoms with Crippen molar-refractivity contribution in [1.29, 1.82) is 0 Å². The first-order chi connectivity index (χ1) is 9.76. The van der Waals surface area contributed by atoms with E-state index in [0.29, 0.717) is 12.2 Å². The van der Waals surface area contributed by atoms with Crippen LogP contribution in [0, 0.1) is 5.41 Å². The van der Waals surface area contributed by atoms with Crippen LogP contribution in [0.2, 0.25) is 0 Å². The summed E-state index contributed by atoms with van der Waals surface area (Å²) in [5.74, 6) is 0.479. The molecule has 114 valence electrons. The van der Waals surface area contributed by atoms with Gasteiger partial charge in [-0.3, -0.25) is 4.79 Å². The quantitative estimate of drug-likeness (QED) is 0.860. The smallest absolute Gasteiger partial charge is 0.336 e. The average molecular weight is 307 g/mol. The van der Waals surface area contributed by atoms with Crippen LogP contribution in [-0.2, 0) is 0 Å². The lowest BCUT2D eigenvalue weighted by molar-refractivity contribution is 0.0839. The number of rotatable bonds is 4. The fourth-order valence-corrected chi connectivity index (χ4v) is 2.52. The number of aromatic nitrogens is 3. The molecule has 2 heterocycles. The van der Waals surface area contributed by atoms with Gasteiger partial charge in [0.2, 0.25) is 5.91 Å². The lowest BCUT2D eigenvalue weighted by Crippen LogP contribution is -2.21. The van der Waals surface area contributed by atoms with E-state index < -0.39 is 0 Å². The zero-order valence-corrected chi connectivity index (χ0v) is 13.9. The molecular weight excluding hydrogens is 286 g/mol. The van der Waals surface area contributed by atoms with Gasteiger partial charge < -0.3 is 4.74 Å². The Morgan fingerprint density at radius 1 is 1.43 bits per heavy atom. The Morgan fingerprint density at radius 3 is 2.67 bits per heavy atom. The van der Waals surface area contributed by atoms with Crippen LogP contribution in [0.5, 0.6) is 6.01 Å². The van der Waals surface area contributed by atoms with Gasteiger partial charge in [0.1, 0.15) is 0 Å². The lowest BCUT2D eigenvalue weighted by atomic mass is 9.92. The maximum absolute atomic E-state index is 12.5. The van der Waals surface area contributed by atoms with Gasteiger partial charge >= 0.3 is 6.01 Å². The first kappa shape index (κ1) is 15.7. The van der Waals surface area contributed by atoms with E-state index >= 15 is 0 Å². The summed E-state index contributed by atoms with van der Waals surface area (Å²) >= 11 is 1.53. The Morgan fingerprint density at radius 2 is 2.14 bits per heavy atom. The fourth-order valence-electron chi connectivity index (χ4n) is 1.82. The Bertz CT molecular complexity index is 609. The zero-order chi connectivity index (χ0) is 15.6. The molecule has 0 spiro atoms. The molecule has 6 heteroatoms. The lowest BCUT2D eigenvalue weighted by Gasteiger charge is -2.16. The van der Waals surface area contributed by atoms with Crippen LogP contribution < -0.4 is 4.74 Å². The first-order valence-electron chi connectivity index (χ1n) is 6.97. The van der Waals surface area contributed by atoms with Crippen molar-refractivity contribution < 1.29 is 9.53 Å². The SMILES string of the molecule is CC(C)Oc1nc(-c2cccs2)n(C(=O)CC(C)(C)C)n1. The molecule has 0 bridgehead atoms. The summed E-state index contributed by atoms with van der Waals surface area (Å²) in [6.45, 7) is 9.89. The van der Waals surface area contributed by atoms with Crippen LogP contribution in [0.1, 0.15) is 45.8 Å². The zero-order valence-electron chi connectivity index (χ0n) is 13.1. The van der Waals surface area contributed by atoms with Gasteiger partial charge in [-0.15, -0.1) is 16.4 Å². The molecule has 0 amide bonds. The Balaban J connectivity index is 2.38. The van der Waals surface area contributed by atoms with Gasteiger partial charge in [-0.1, -0.05) is 26.8 Å². The highest BCUT2D eigenvalue weighted by molar-refractivity contribution is 7.13. The highest BCUT2D eigenvalue weighted by Gasteiger charge is 2.23. The van der Waals surface area contributed by atoms with E-state index in [1.807, 2.05) is 52.1 Å². The topological polar surface area (TPSA) is 57.0 Å². The summed E-state index contributed by atoms with van der Waals surface area (Å²) in [5.41, 5.74) is -0.102.